The van der Waals surface area contributed by atoms with Gasteiger partial charge in [-0.25, -0.2) is 8.42 Å². The van der Waals surface area contributed by atoms with E-state index in [9.17, 15) is 18.3 Å². The molecule has 210 valence electrons. The fourth-order valence-electron chi connectivity index (χ4n) is 5.33. The van der Waals surface area contributed by atoms with Crippen molar-refractivity contribution in [1.29, 1.82) is 0 Å². The number of sulfonamides is 1. The lowest BCUT2D eigenvalue weighted by molar-refractivity contribution is -0.138. The van der Waals surface area contributed by atoms with E-state index < -0.39 is 22.0 Å². The van der Waals surface area contributed by atoms with Gasteiger partial charge in [-0.05, 0) is 74.5 Å². The third kappa shape index (κ3) is 7.09. The van der Waals surface area contributed by atoms with Crippen molar-refractivity contribution in [3.8, 4) is 5.75 Å². The number of ether oxygens (including phenoxy) is 1. The van der Waals surface area contributed by atoms with Crippen molar-refractivity contribution in [3.63, 3.8) is 0 Å². The van der Waals surface area contributed by atoms with Crippen LogP contribution in [0.25, 0.3) is 10.8 Å². The van der Waals surface area contributed by atoms with Gasteiger partial charge in [-0.3, -0.25) is 4.79 Å². The van der Waals surface area contributed by atoms with Gasteiger partial charge in [-0.15, -0.1) is 0 Å². The highest BCUT2D eigenvalue weighted by molar-refractivity contribution is 7.89. The van der Waals surface area contributed by atoms with Crippen molar-refractivity contribution < 1.29 is 23.1 Å². The van der Waals surface area contributed by atoms with E-state index in [-0.39, 0.29) is 17.4 Å². The topological polar surface area (TPSA) is 108 Å². The van der Waals surface area contributed by atoms with Gasteiger partial charge in [0.1, 0.15) is 17.9 Å². The largest absolute Gasteiger partial charge is 0.490 e. The van der Waals surface area contributed by atoms with E-state index in [0.717, 1.165) is 55.6 Å². The molecule has 0 saturated carbocycles. The third-order valence-electron chi connectivity index (χ3n) is 7.36. The molecule has 9 heteroatoms. The molecule has 1 saturated heterocycles. The van der Waals surface area contributed by atoms with E-state index in [1.807, 2.05) is 55.4 Å². The fourth-order valence-corrected chi connectivity index (χ4v) is 6.74. The Hall–Kier alpha value is -3.14. The minimum atomic E-state index is -4.12. The predicted molar refractivity (Wildman–Crippen MR) is 155 cm³/mol. The molecule has 1 fully saturated rings. The average molecular weight is 554 g/mol. The van der Waals surface area contributed by atoms with E-state index >= 15 is 0 Å². The zero-order valence-electron chi connectivity index (χ0n) is 22.9. The Labute approximate surface area is 231 Å². The molecule has 1 aliphatic heterocycles. The second kappa shape index (κ2) is 12.8. The maximum absolute atomic E-state index is 13.4. The average Bonchev–Trinajstić information content (AvgIpc) is 2.93. The molecule has 1 aliphatic rings. The molecular formula is C30H39N3O5S. The van der Waals surface area contributed by atoms with Crippen LogP contribution in [0.3, 0.4) is 0 Å². The molecule has 2 atom stereocenters. The molecular weight excluding hydrogens is 514 g/mol. The van der Waals surface area contributed by atoms with Crippen LogP contribution in [0.1, 0.15) is 38.2 Å². The van der Waals surface area contributed by atoms with E-state index in [1.165, 1.54) is 6.07 Å². The first-order chi connectivity index (χ1) is 18.7. The van der Waals surface area contributed by atoms with E-state index in [2.05, 4.69) is 17.0 Å². The van der Waals surface area contributed by atoms with Crippen LogP contribution in [0.5, 0.6) is 5.75 Å². The molecule has 0 aromatic heterocycles. The summed E-state index contributed by atoms with van der Waals surface area (Å²) >= 11 is 0. The lowest BCUT2D eigenvalue weighted by atomic mass is 9.89. The number of hydrogen-bond acceptors (Lipinski definition) is 6. The summed E-state index contributed by atoms with van der Waals surface area (Å²) in [5, 5.41) is 14.6. The Kier molecular flexibility index (Phi) is 9.48. The van der Waals surface area contributed by atoms with Crippen molar-refractivity contribution >= 4 is 32.5 Å². The SMILES string of the molecule is CCCC(Oc1ccc(CC(NS(=O)(=O)c2cccc3c(N(C)C)cccc23)C(=O)O)cc1)C1CCNCC1. The van der Waals surface area contributed by atoms with Gasteiger partial charge in [0.15, 0.2) is 0 Å². The van der Waals surface area contributed by atoms with E-state index in [4.69, 9.17) is 4.74 Å². The zero-order valence-corrected chi connectivity index (χ0v) is 23.7. The second-order valence-corrected chi connectivity index (χ2v) is 12.1. The van der Waals surface area contributed by atoms with Crippen molar-refractivity contribution in [3.05, 3.63) is 66.2 Å². The first-order valence-corrected chi connectivity index (χ1v) is 15.1. The smallest absolute Gasteiger partial charge is 0.322 e. The second-order valence-electron chi connectivity index (χ2n) is 10.4. The Morgan fingerprint density at radius 3 is 2.36 bits per heavy atom. The first kappa shape index (κ1) is 28.9. The number of nitrogens with zero attached hydrogens (tertiary/aromatic N) is 1. The maximum atomic E-state index is 13.4. The number of aliphatic carboxylic acids is 1. The van der Waals surface area contributed by atoms with Crippen LogP contribution < -0.4 is 19.7 Å². The van der Waals surface area contributed by atoms with Gasteiger partial charge in [-0.2, -0.15) is 4.72 Å². The Bertz CT molecular complexity index is 1370. The van der Waals surface area contributed by atoms with Crippen LogP contribution in [-0.4, -0.2) is 58.8 Å². The summed E-state index contributed by atoms with van der Waals surface area (Å²) in [4.78, 5) is 14.1. The Morgan fingerprint density at radius 1 is 1.05 bits per heavy atom. The number of rotatable bonds is 12. The molecule has 3 aromatic rings. The number of carboxylic acid groups (broad SMARTS) is 1. The molecule has 0 amide bonds. The van der Waals surface area contributed by atoms with Crippen molar-refractivity contribution in [2.75, 3.05) is 32.1 Å². The number of anilines is 1. The molecule has 0 spiro atoms. The number of carbonyl (C=O) groups is 1. The van der Waals surface area contributed by atoms with Gasteiger partial charge < -0.3 is 20.1 Å². The lowest BCUT2D eigenvalue weighted by Crippen LogP contribution is -2.42. The highest BCUT2D eigenvalue weighted by Crippen LogP contribution is 2.30. The molecule has 4 rings (SSSR count). The number of hydrogen-bond donors (Lipinski definition) is 3. The van der Waals surface area contributed by atoms with E-state index in [1.54, 1.807) is 18.2 Å². The Morgan fingerprint density at radius 2 is 1.72 bits per heavy atom. The van der Waals surface area contributed by atoms with Crippen LogP contribution in [-0.2, 0) is 21.2 Å². The molecule has 3 N–H and O–H groups in total. The molecule has 3 aromatic carbocycles. The van der Waals surface area contributed by atoms with Crippen molar-refractivity contribution in [2.24, 2.45) is 5.92 Å². The summed E-state index contributed by atoms with van der Waals surface area (Å²) in [6.45, 7) is 4.18. The molecule has 8 nitrogen and oxygen atoms in total. The van der Waals surface area contributed by atoms with Gasteiger partial charge in [-0.1, -0.05) is 49.7 Å². The summed E-state index contributed by atoms with van der Waals surface area (Å²) in [6.07, 6.45) is 4.37. The van der Waals surface area contributed by atoms with Crippen LogP contribution in [0.4, 0.5) is 5.69 Å². The first-order valence-electron chi connectivity index (χ1n) is 13.6. The quantitative estimate of drug-likeness (QED) is 0.305. The normalized spacial score (nSPS) is 16.1. The summed E-state index contributed by atoms with van der Waals surface area (Å²) in [7, 11) is -0.333. The zero-order chi connectivity index (χ0) is 28.0. The maximum Gasteiger partial charge on any atom is 0.322 e. The number of fused-ring (bicyclic) bond motifs is 1. The van der Waals surface area contributed by atoms with Crippen LogP contribution >= 0.6 is 0 Å². The standard InChI is InChI=1S/C30H39N3O5S/c1-4-7-28(22-16-18-31-19-17-22)38-23-14-12-21(13-15-23)20-26(30(34)35)32-39(36,37)29-11-6-8-24-25(29)9-5-10-27(24)33(2)3/h5-6,8-15,22,26,28,31-32H,4,7,16-20H2,1-3H3,(H,34,35). The molecule has 0 radical (unpaired) electrons. The number of benzene rings is 3. The van der Waals surface area contributed by atoms with Crippen molar-refractivity contribution in [2.45, 2.75) is 56.1 Å². The predicted octanol–water partition coefficient (Wildman–Crippen LogP) is 4.43. The van der Waals surface area contributed by atoms with Gasteiger partial charge in [0.2, 0.25) is 10.0 Å². The summed E-state index contributed by atoms with van der Waals surface area (Å²) in [5.41, 5.74) is 1.59. The third-order valence-corrected chi connectivity index (χ3v) is 8.89. The van der Waals surface area contributed by atoms with Gasteiger partial charge in [0.25, 0.3) is 0 Å². The van der Waals surface area contributed by atoms with Gasteiger partial charge in [0.05, 0.1) is 4.90 Å². The molecule has 1 heterocycles. The fraction of sp³-hybridized carbons (Fsp3) is 0.433. The lowest BCUT2D eigenvalue weighted by Gasteiger charge is -2.31. The van der Waals surface area contributed by atoms with Crippen molar-refractivity contribution in [1.82, 2.24) is 10.0 Å². The number of carboxylic acids is 1. The summed E-state index contributed by atoms with van der Waals surface area (Å²) in [6, 6.07) is 16.5. The monoisotopic (exact) mass is 553 g/mol. The highest BCUT2D eigenvalue weighted by atomic mass is 32.2. The van der Waals surface area contributed by atoms with Crippen LogP contribution in [0, 0.1) is 5.92 Å². The summed E-state index contributed by atoms with van der Waals surface area (Å²) in [5.74, 6) is 0.0252. The summed E-state index contributed by atoms with van der Waals surface area (Å²) < 4.78 is 35.6. The molecule has 0 bridgehead atoms. The number of piperidine rings is 1. The highest BCUT2D eigenvalue weighted by Gasteiger charge is 2.28. The van der Waals surface area contributed by atoms with Gasteiger partial charge in [0, 0.05) is 30.6 Å². The van der Waals surface area contributed by atoms with Crippen LogP contribution in [0.2, 0.25) is 0 Å². The molecule has 39 heavy (non-hydrogen) atoms. The molecule has 2 unspecified atom stereocenters. The van der Waals surface area contributed by atoms with Gasteiger partial charge >= 0.3 is 5.97 Å². The minimum Gasteiger partial charge on any atom is -0.490 e. The van der Waals surface area contributed by atoms with E-state index in [0.29, 0.717) is 16.9 Å². The molecule has 0 aliphatic carbocycles. The van der Waals surface area contributed by atoms with Crippen LogP contribution in [0.15, 0.2) is 65.6 Å². The Balaban J connectivity index is 1.49. The number of nitrogens with one attached hydrogen (secondary N) is 2. The minimum absolute atomic E-state index is 0.00917.